The summed E-state index contributed by atoms with van der Waals surface area (Å²) in [6.07, 6.45) is 2.44. The van der Waals surface area contributed by atoms with E-state index in [2.05, 4.69) is 20.4 Å². The molecule has 2 aromatic carbocycles. The van der Waals surface area contributed by atoms with Crippen LogP contribution in [0, 0.1) is 10.1 Å². The molecule has 0 aliphatic carbocycles. The van der Waals surface area contributed by atoms with Gasteiger partial charge in [-0.3, -0.25) is 14.9 Å². The van der Waals surface area contributed by atoms with Crippen LogP contribution in [0.4, 0.5) is 17.1 Å². The minimum atomic E-state index is -0.475. The number of hydrogen-bond acceptors (Lipinski definition) is 8. The predicted octanol–water partition coefficient (Wildman–Crippen LogP) is 3.98. The molecule has 0 saturated carbocycles. The van der Waals surface area contributed by atoms with Crippen molar-refractivity contribution in [2.45, 2.75) is 18.1 Å². The molecule has 1 fully saturated rings. The van der Waals surface area contributed by atoms with Crippen molar-refractivity contribution in [1.82, 2.24) is 10.2 Å². The second-order valence-electron chi connectivity index (χ2n) is 6.75. The van der Waals surface area contributed by atoms with Gasteiger partial charge in [-0.05, 0) is 49.2 Å². The highest BCUT2D eigenvalue weighted by Gasteiger charge is 2.14. The normalized spacial score (nSPS) is 13.4. The number of aromatic nitrogens is 2. The van der Waals surface area contributed by atoms with Gasteiger partial charge in [-0.15, -0.1) is 10.2 Å². The zero-order chi connectivity index (χ0) is 20.9. The number of rotatable bonds is 7. The molecule has 0 spiro atoms. The number of nitrogens with one attached hydrogen (secondary N) is 1. The van der Waals surface area contributed by atoms with E-state index in [0.29, 0.717) is 5.56 Å². The van der Waals surface area contributed by atoms with Crippen molar-refractivity contribution in [1.29, 1.82) is 0 Å². The molecule has 4 rings (SSSR count). The second-order valence-corrected chi connectivity index (χ2v) is 7.68. The van der Waals surface area contributed by atoms with E-state index in [1.807, 2.05) is 24.3 Å². The topological polar surface area (TPSA) is 114 Å². The highest BCUT2D eigenvalue weighted by atomic mass is 32.2. The van der Waals surface area contributed by atoms with Crippen molar-refractivity contribution in [3.63, 3.8) is 0 Å². The van der Waals surface area contributed by atoms with Crippen molar-refractivity contribution >= 4 is 34.7 Å². The van der Waals surface area contributed by atoms with Crippen LogP contribution in [0.5, 0.6) is 0 Å². The number of hydrogen-bond donors (Lipinski definition) is 1. The highest BCUT2D eigenvalue weighted by Crippen LogP contribution is 2.25. The number of thioether (sulfide) groups is 1. The van der Waals surface area contributed by atoms with Crippen molar-refractivity contribution in [3.05, 3.63) is 58.6 Å². The molecule has 1 aromatic heterocycles. The largest absolute Gasteiger partial charge is 0.411 e. The Balaban J connectivity index is 1.29. The summed E-state index contributed by atoms with van der Waals surface area (Å²) >= 11 is 1.13. The maximum atomic E-state index is 12.2. The lowest BCUT2D eigenvalue weighted by Crippen LogP contribution is -2.18. The van der Waals surface area contributed by atoms with Crippen LogP contribution in [0.1, 0.15) is 12.8 Å². The number of carbonyl (C=O) groups excluding carboxylic acids is 1. The first-order valence-corrected chi connectivity index (χ1v) is 10.4. The Kier molecular flexibility index (Phi) is 5.94. The summed E-state index contributed by atoms with van der Waals surface area (Å²) in [4.78, 5) is 24.8. The van der Waals surface area contributed by atoms with E-state index in [1.54, 1.807) is 12.1 Å². The van der Waals surface area contributed by atoms with Crippen molar-refractivity contribution in [2.75, 3.05) is 29.1 Å². The Morgan fingerprint density at radius 2 is 1.80 bits per heavy atom. The van der Waals surface area contributed by atoms with Gasteiger partial charge >= 0.3 is 0 Å². The van der Waals surface area contributed by atoms with Crippen LogP contribution in [0.25, 0.3) is 11.5 Å². The van der Waals surface area contributed by atoms with Crippen molar-refractivity contribution in [2.24, 2.45) is 0 Å². The fourth-order valence-corrected chi connectivity index (χ4v) is 3.73. The molecular formula is C20H19N5O4S. The Bertz CT molecular complexity index is 1030. The minimum absolute atomic E-state index is 0.0157. The third kappa shape index (κ3) is 4.77. The smallest absolute Gasteiger partial charge is 0.277 e. The van der Waals surface area contributed by atoms with Crippen LogP contribution in [0.2, 0.25) is 0 Å². The van der Waals surface area contributed by atoms with E-state index in [1.165, 1.54) is 30.7 Å². The predicted molar refractivity (Wildman–Crippen MR) is 114 cm³/mol. The molecule has 1 aliphatic rings. The highest BCUT2D eigenvalue weighted by molar-refractivity contribution is 7.99. The van der Waals surface area contributed by atoms with Crippen molar-refractivity contribution in [3.8, 4) is 11.5 Å². The van der Waals surface area contributed by atoms with E-state index >= 15 is 0 Å². The van der Waals surface area contributed by atoms with Gasteiger partial charge in [0.25, 0.3) is 10.9 Å². The standard InChI is InChI=1S/C20H19N5O4S/c26-18(21-15-5-9-16(10-6-15)24-11-1-2-12-24)13-30-20-23-22-19(29-20)14-3-7-17(8-4-14)25(27)28/h3-10H,1-2,11-13H2,(H,21,26). The second kappa shape index (κ2) is 8.95. The molecule has 10 heteroatoms. The third-order valence-corrected chi connectivity index (χ3v) is 5.50. The number of nitrogens with zero attached hydrogens (tertiary/aromatic N) is 4. The molecule has 3 aromatic rings. The van der Waals surface area contributed by atoms with Crippen LogP contribution in [-0.4, -0.2) is 39.9 Å². The lowest BCUT2D eigenvalue weighted by Gasteiger charge is -2.17. The molecule has 9 nitrogen and oxygen atoms in total. The monoisotopic (exact) mass is 425 g/mol. The number of benzene rings is 2. The fraction of sp³-hybridized carbons (Fsp3) is 0.250. The number of nitro benzene ring substituents is 1. The molecule has 0 radical (unpaired) electrons. The van der Waals surface area contributed by atoms with Crippen LogP contribution in [0.3, 0.4) is 0 Å². The lowest BCUT2D eigenvalue weighted by molar-refractivity contribution is -0.384. The molecule has 1 N–H and O–H groups in total. The Morgan fingerprint density at radius 1 is 1.10 bits per heavy atom. The molecule has 0 atom stereocenters. The fourth-order valence-electron chi connectivity index (χ4n) is 3.17. The molecule has 154 valence electrons. The SMILES string of the molecule is O=C(CSc1nnc(-c2ccc([N+](=O)[O-])cc2)o1)Nc1ccc(N2CCCC2)cc1. The Hall–Kier alpha value is -3.40. The molecule has 0 unspecified atom stereocenters. The van der Waals surface area contributed by atoms with Crippen LogP contribution in [-0.2, 0) is 4.79 Å². The van der Waals surface area contributed by atoms with Crippen LogP contribution in [0.15, 0.2) is 58.2 Å². The molecule has 1 aliphatic heterocycles. The van der Waals surface area contributed by atoms with E-state index in [-0.39, 0.29) is 28.5 Å². The Morgan fingerprint density at radius 3 is 2.47 bits per heavy atom. The number of carbonyl (C=O) groups is 1. The summed E-state index contributed by atoms with van der Waals surface area (Å²) in [6.45, 7) is 2.16. The van der Waals surface area contributed by atoms with E-state index in [9.17, 15) is 14.9 Å². The van der Waals surface area contributed by atoms with Gasteiger partial charge < -0.3 is 14.6 Å². The average molecular weight is 425 g/mol. The van der Waals surface area contributed by atoms with Gasteiger partial charge in [0.05, 0.1) is 10.7 Å². The summed E-state index contributed by atoms with van der Waals surface area (Å²) in [5.41, 5.74) is 2.46. The summed E-state index contributed by atoms with van der Waals surface area (Å²) in [7, 11) is 0. The van der Waals surface area contributed by atoms with Gasteiger partial charge in [-0.1, -0.05) is 11.8 Å². The summed E-state index contributed by atoms with van der Waals surface area (Å²) < 4.78 is 5.53. The van der Waals surface area contributed by atoms with Gasteiger partial charge in [0.1, 0.15) is 0 Å². The van der Waals surface area contributed by atoms with E-state index in [4.69, 9.17) is 4.42 Å². The molecular weight excluding hydrogens is 406 g/mol. The van der Waals surface area contributed by atoms with Gasteiger partial charge in [0, 0.05) is 42.2 Å². The minimum Gasteiger partial charge on any atom is -0.411 e. The number of anilines is 2. The molecule has 2 heterocycles. The first-order valence-electron chi connectivity index (χ1n) is 9.44. The molecule has 0 bridgehead atoms. The van der Waals surface area contributed by atoms with Crippen LogP contribution < -0.4 is 10.2 Å². The maximum absolute atomic E-state index is 12.2. The van der Waals surface area contributed by atoms with Crippen LogP contribution >= 0.6 is 11.8 Å². The molecule has 1 saturated heterocycles. The van der Waals surface area contributed by atoms with Crippen molar-refractivity contribution < 1.29 is 14.1 Å². The summed E-state index contributed by atoms with van der Waals surface area (Å²) in [5.74, 6) is 0.185. The van der Waals surface area contributed by atoms with Gasteiger partial charge in [0.2, 0.25) is 11.8 Å². The first kappa shape index (κ1) is 19.9. The Labute approximate surface area is 176 Å². The number of nitro groups is 1. The molecule has 1 amide bonds. The van der Waals surface area contributed by atoms with E-state index in [0.717, 1.165) is 30.5 Å². The average Bonchev–Trinajstić information content (AvgIpc) is 3.45. The molecule has 30 heavy (non-hydrogen) atoms. The quantitative estimate of drug-likeness (QED) is 0.343. The zero-order valence-electron chi connectivity index (χ0n) is 16.0. The number of amides is 1. The maximum Gasteiger partial charge on any atom is 0.277 e. The van der Waals surface area contributed by atoms with E-state index < -0.39 is 4.92 Å². The zero-order valence-corrected chi connectivity index (χ0v) is 16.8. The van der Waals surface area contributed by atoms with Gasteiger partial charge in [0.15, 0.2) is 0 Å². The summed E-state index contributed by atoms with van der Waals surface area (Å²) in [5, 5.41) is 21.7. The lowest BCUT2D eigenvalue weighted by atomic mass is 10.2. The third-order valence-electron chi connectivity index (χ3n) is 4.68. The summed E-state index contributed by atoms with van der Waals surface area (Å²) in [6, 6.07) is 13.6. The first-order chi connectivity index (χ1) is 14.6. The van der Waals surface area contributed by atoms with Gasteiger partial charge in [-0.2, -0.15) is 0 Å². The number of non-ortho nitro benzene ring substituents is 1. The van der Waals surface area contributed by atoms with Gasteiger partial charge in [-0.25, -0.2) is 0 Å².